The minimum absolute atomic E-state index is 0.242. The van der Waals surface area contributed by atoms with Gasteiger partial charge in [-0.2, -0.15) is 0 Å². The number of aliphatic hydroxyl groups is 2. The Labute approximate surface area is 138 Å². The molecule has 1 aromatic carbocycles. The summed E-state index contributed by atoms with van der Waals surface area (Å²) in [6, 6.07) is 7.62. The lowest BCUT2D eigenvalue weighted by atomic mass is 10.1. The van der Waals surface area contributed by atoms with Crippen LogP contribution in [-0.2, 0) is 4.74 Å². The van der Waals surface area contributed by atoms with Gasteiger partial charge in [0.1, 0.15) is 24.6 Å². The van der Waals surface area contributed by atoms with Gasteiger partial charge in [-0.05, 0) is 36.5 Å². The zero-order valence-corrected chi connectivity index (χ0v) is 14.1. The van der Waals surface area contributed by atoms with Crippen molar-refractivity contribution in [1.29, 1.82) is 0 Å². The summed E-state index contributed by atoms with van der Waals surface area (Å²) in [7, 11) is 0. The second kappa shape index (κ2) is 9.23. The van der Waals surface area contributed by atoms with Gasteiger partial charge in [0.15, 0.2) is 0 Å². The van der Waals surface area contributed by atoms with Gasteiger partial charge < -0.3 is 25.0 Å². The Morgan fingerprint density at radius 3 is 2.43 bits per heavy atom. The van der Waals surface area contributed by atoms with E-state index in [9.17, 15) is 10.2 Å². The maximum Gasteiger partial charge on any atom is 0.119 e. The fourth-order valence-electron chi connectivity index (χ4n) is 2.14. The molecule has 0 saturated heterocycles. The highest BCUT2D eigenvalue weighted by Crippen LogP contribution is 2.29. The summed E-state index contributed by atoms with van der Waals surface area (Å²) >= 11 is 0. The van der Waals surface area contributed by atoms with Crippen LogP contribution in [0.25, 0.3) is 0 Å². The Hall–Kier alpha value is -1.14. The predicted molar refractivity (Wildman–Crippen MR) is 89.6 cm³/mol. The fraction of sp³-hybridized carbons (Fsp3) is 0.667. The molecule has 5 nitrogen and oxygen atoms in total. The van der Waals surface area contributed by atoms with E-state index >= 15 is 0 Å². The summed E-state index contributed by atoms with van der Waals surface area (Å²) in [5.41, 5.74) is 0.815. The summed E-state index contributed by atoms with van der Waals surface area (Å²) in [5.74, 6) is 1.39. The SMILES string of the molecule is CC(C)NC[C@H](O)COc1ccc([C@H](O)COCC2CC2)cc1. The van der Waals surface area contributed by atoms with Crippen LogP contribution < -0.4 is 10.1 Å². The van der Waals surface area contributed by atoms with Crippen LogP contribution in [0.4, 0.5) is 0 Å². The minimum Gasteiger partial charge on any atom is -0.491 e. The molecule has 0 unspecified atom stereocenters. The minimum atomic E-state index is -0.608. The van der Waals surface area contributed by atoms with Crippen LogP contribution in [0.3, 0.4) is 0 Å². The molecule has 1 saturated carbocycles. The van der Waals surface area contributed by atoms with Crippen molar-refractivity contribution < 1.29 is 19.7 Å². The zero-order valence-electron chi connectivity index (χ0n) is 14.1. The van der Waals surface area contributed by atoms with E-state index in [1.54, 1.807) is 0 Å². The highest BCUT2D eigenvalue weighted by Gasteiger charge is 2.21. The molecule has 1 aliphatic carbocycles. The summed E-state index contributed by atoms with van der Waals surface area (Å²) in [4.78, 5) is 0. The third-order valence-corrected chi connectivity index (χ3v) is 3.80. The van der Waals surface area contributed by atoms with Crippen molar-refractivity contribution in [2.24, 2.45) is 5.92 Å². The Balaban J connectivity index is 1.68. The van der Waals surface area contributed by atoms with Crippen molar-refractivity contribution in [3.63, 3.8) is 0 Å². The zero-order chi connectivity index (χ0) is 16.7. The maximum absolute atomic E-state index is 10.1. The molecule has 1 aromatic rings. The molecule has 0 heterocycles. The Bertz CT molecular complexity index is 445. The van der Waals surface area contributed by atoms with E-state index in [0.29, 0.717) is 30.9 Å². The van der Waals surface area contributed by atoms with E-state index in [1.807, 2.05) is 38.1 Å². The van der Waals surface area contributed by atoms with Gasteiger partial charge in [-0.1, -0.05) is 26.0 Å². The van der Waals surface area contributed by atoms with Gasteiger partial charge in [0, 0.05) is 19.2 Å². The molecule has 0 aromatic heterocycles. The summed E-state index contributed by atoms with van der Waals surface area (Å²) < 4.78 is 11.1. The first-order valence-electron chi connectivity index (χ1n) is 8.44. The smallest absolute Gasteiger partial charge is 0.119 e. The lowest BCUT2D eigenvalue weighted by Gasteiger charge is -2.16. The molecule has 0 radical (unpaired) electrons. The van der Waals surface area contributed by atoms with Crippen LogP contribution in [0.2, 0.25) is 0 Å². The molecule has 3 N–H and O–H groups in total. The van der Waals surface area contributed by atoms with Crippen molar-refractivity contribution in [1.82, 2.24) is 5.32 Å². The number of aliphatic hydroxyl groups excluding tert-OH is 2. The highest BCUT2D eigenvalue weighted by molar-refractivity contribution is 5.28. The van der Waals surface area contributed by atoms with Gasteiger partial charge in [-0.3, -0.25) is 0 Å². The Morgan fingerprint density at radius 1 is 1.13 bits per heavy atom. The molecule has 0 bridgehead atoms. The average molecular weight is 323 g/mol. The van der Waals surface area contributed by atoms with Crippen LogP contribution in [0.1, 0.15) is 38.4 Å². The fourth-order valence-corrected chi connectivity index (χ4v) is 2.14. The monoisotopic (exact) mass is 323 g/mol. The molecular formula is C18H29NO4. The number of hydrogen-bond acceptors (Lipinski definition) is 5. The van der Waals surface area contributed by atoms with E-state index in [4.69, 9.17) is 9.47 Å². The van der Waals surface area contributed by atoms with Gasteiger partial charge in [0.2, 0.25) is 0 Å². The Kier molecular flexibility index (Phi) is 7.30. The van der Waals surface area contributed by atoms with E-state index in [0.717, 1.165) is 12.2 Å². The number of hydrogen-bond donors (Lipinski definition) is 3. The lowest BCUT2D eigenvalue weighted by molar-refractivity contribution is 0.0314. The van der Waals surface area contributed by atoms with Gasteiger partial charge in [0.05, 0.1) is 6.61 Å². The first-order valence-corrected chi connectivity index (χ1v) is 8.44. The Morgan fingerprint density at radius 2 is 1.83 bits per heavy atom. The molecule has 2 rings (SSSR count). The average Bonchev–Trinajstić information content (AvgIpc) is 3.35. The number of benzene rings is 1. The topological polar surface area (TPSA) is 71.0 Å². The molecule has 0 spiro atoms. The molecule has 1 fully saturated rings. The van der Waals surface area contributed by atoms with Crippen LogP contribution in [-0.4, -0.2) is 48.7 Å². The third kappa shape index (κ3) is 7.31. The van der Waals surface area contributed by atoms with Crippen molar-refractivity contribution in [2.45, 2.75) is 44.9 Å². The number of nitrogens with one attached hydrogen (secondary N) is 1. The van der Waals surface area contributed by atoms with Crippen LogP contribution in [0, 0.1) is 5.92 Å². The van der Waals surface area contributed by atoms with Crippen molar-refractivity contribution in [3.8, 4) is 5.75 Å². The standard InChI is InChI=1S/C18H29NO4/c1-13(2)19-9-16(20)11-23-17-7-5-15(6-8-17)18(21)12-22-10-14-3-4-14/h5-8,13-14,16,18-21H,3-4,9-12H2,1-2H3/t16-,18+/m0/s1. The van der Waals surface area contributed by atoms with Crippen molar-refractivity contribution >= 4 is 0 Å². The molecular weight excluding hydrogens is 294 g/mol. The first kappa shape index (κ1) is 18.2. The van der Waals surface area contributed by atoms with E-state index in [2.05, 4.69) is 5.32 Å². The highest BCUT2D eigenvalue weighted by atomic mass is 16.5. The van der Waals surface area contributed by atoms with Crippen LogP contribution in [0.5, 0.6) is 5.75 Å². The summed E-state index contributed by atoms with van der Waals surface area (Å²) in [5, 5.41) is 23.0. The second-order valence-corrected chi connectivity index (χ2v) is 6.59. The number of rotatable bonds is 11. The third-order valence-electron chi connectivity index (χ3n) is 3.80. The van der Waals surface area contributed by atoms with Crippen LogP contribution >= 0.6 is 0 Å². The van der Waals surface area contributed by atoms with Crippen LogP contribution in [0.15, 0.2) is 24.3 Å². The predicted octanol–water partition coefficient (Wildman–Crippen LogP) is 1.88. The van der Waals surface area contributed by atoms with E-state index in [-0.39, 0.29) is 6.61 Å². The largest absolute Gasteiger partial charge is 0.491 e. The molecule has 0 amide bonds. The molecule has 5 heteroatoms. The number of ether oxygens (including phenoxy) is 2. The molecule has 2 atom stereocenters. The molecule has 1 aliphatic rings. The first-order chi connectivity index (χ1) is 11.0. The molecule has 23 heavy (non-hydrogen) atoms. The van der Waals surface area contributed by atoms with Gasteiger partial charge in [-0.25, -0.2) is 0 Å². The lowest BCUT2D eigenvalue weighted by Crippen LogP contribution is -2.35. The van der Waals surface area contributed by atoms with Gasteiger partial charge in [0.25, 0.3) is 0 Å². The maximum atomic E-state index is 10.1. The van der Waals surface area contributed by atoms with Gasteiger partial charge >= 0.3 is 0 Å². The van der Waals surface area contributed by atoms with Crippen molar-refractivity contribution in [2.75, 3.05) is 26.4 Å². The second-order valence-electron chi connectivity index (χ2n) is 6.59. The normalized spacial score (nSPS) is 17.3. The van der Waals surface area contributed by atoms with Gasteiger partial charge in [-0.15, -0.1) is 0 Å². The van der Waals surface area contributed by atoms with E-state index < -0.39 is 12.2 Å². The summed E-state index contributed by atoms with van der Waals surface area (Å²) in [6.07, 6.45) is 1.35. The quantitative estimate of drug-likeness (QED) is 0.580. The van der Waals surface area contributed by atoms with E-state index in [1.165, 1.54) is 12.8 Å². The molecule has 0 aliphatic heterocycles. The molecule has 130 valence electrons. The van der Waals surface area contributed by atoms with Crippen molar-refractivity contribution in [3.05, 3.63) is 29.8 Å². The summed E-state index contributed by atoms with van der Waals surface area (Å²) in [6.45, 7) is 5.90.